The Balaban J connectivity index is 1.69. The highest BCUT2D eigenvalue weighted by Crippen LogP contribution is 2.52. The van der Waals surface area contributed by atoms with Gasteiger partial charge in [0, 0.05) is 35.2 Å². The fraction of sp³-hybridized carbons (Fsp3) is 0.696. The minimum absolute atomic E-state index is 0.172. The number of cyclic esters (lactones) is 1. The smallest absolute Gasteiger partial charge is 0.335 e. The average Bonchev–Trinajstić information content (AvgIpc) is 3.09. The molecule has 2 unspecified atom stereocenters. The monoisotopic (exact) mass is 405 g/mol. The lowest BCUT2D eigenvalue weighted by atomic mass is 9.70. The highest BCUT2D eigenvalue weighted by Gasteiger charge is 2.52. The average molecular weight is 406 g/mol. The second kappa shape index (κ2) is 8.33. The molecular formula is C23H32ClNO3. The standard InChI is InChI=1S/C23H32ClNO3/c1-16-6-9-20(26)14-18(24)10-13-28-22(27)17-7-8-19-4-2-11-23(25(19)15-17)12-3-5-21(16)23/h6-7,9,14,16,19-21,26H,2-5,8,10-13,15H2,1H3/b9-6+,18-14-/t16?,19-,20?,21-,23-/m0/s1. The molecule has 4 nitrogen and oxygen atoms in total. The van der Waals surface area contributed by atoms with Crippen LogP contribution in [0.1, 0.15) is 58.3 Å². The molecule has 1 spiro atoms. The summed E-state index contributed by atoms with van der Waals surface area (Å²) in [6.45, 7) is 3.24. The van der Waals surface area contributed by atoms with E-state index in [1.807, 2.05) is 6.08 Å². The quantitative estimate of drug-likeness (QED) is 0.481. The summed E-state index contributed by atoms with van der Waals surface area (Å²) in [6, 6.07) is 0.541. The molecule has 1 N–H and O–H groups in total. The number of ether oxygens (including phenoxy) is 1. The van der Waals surface area contributed by atoms with Crippen LogP contribution in [-0.2, 0) is 9.53 Å². The van der Waals surface area contributed by atoms with Gasteiger partial charge < -0.3 is 9.84 Å². The van der Waals surface area contributed by atoms with Crippen molar-refractivity contribution in [3.63, 3.8) is 0 Å². The van der Waals surface area contributed by atoms with Crippen molar-refractivity contribution in [2.75, 3.05) is 13.2 Å². The number of halogens is 1. The predicted octanol–water partition coefficient (Wildman–Crippen LogP) is 4.33. The van der Waals surface area contributed by atoms with E-state index in [0.29, 0.717) is 35.9 Å². The number of piperidine rings is 1. The molecule has 4 rings (SSSR count). The second-order valence-corrected chi connectivity index (χ2v) is 9.46. The predicted molar refractivity (Wildman–Crippen MR) is 111 cm³/mol. The van der Waals surface area contributed by atoms with Crippen molar-refractivity contribution in [1.29, 1.82) is 0 Å². The molecule has 1 saturated heterocycles. The minimum Gasteiger partial charge on any atom is -0.462 e. The van der Waals surface area contributed by atoms with Crippen LogP contribution in [0.4, 0.5) is 0 Å². The van der Waals surface area contributed by atoms with Gasteiger partial charge in [0.2, 0.25) is 0 Å². The Labute approximate surface area is 173 Å². The van der Waals surface area contributed by atoms with E-state index in [0.717, 1.165) is 12.0 Å². The molecule has 0 aromatic carbocycles. The Morgan fingerprint density at radius 2 is 2.04 bits per heavy atom. The van der Waals surface area contributed by atoms with E-state index < -0.39 is 6.10 Å². The highest BCUT2D eigenvalue weighted by atomic mass is 35.5. The fourth-order valence-electron chi connectivity index (χ4n) is 6.10. The Morgan fingerprint density at radius 3 is 2.86 bits per heavy atom. The lowest BCUT2D eigenvalue weighted by Crippen LogP contribution is -2.61. The van der Waals surface area contributed by atoms with Gasteiger partial charge in [-0.1, -0.05) is 49.6 Å². The van der Waals surface area contributed by atoms with Crippen LogP contribution in [0.3, 0.4) is 0 Å². The number of allylic oxidation sites excluding steroid dienone is 1. The molecule has 1 saturated carbocycles. The molecule has 5 heteroatoms. The topological polar surface area (TPSA) is 49.8 Å². The summed E-state index contributed by atoms with van der Waals surface area (Å²) in [5.41, 5.74) is 0.979. The molecule has 0 aromatic rings. The maximum atomic E-state index is 12.7. The molecule has 154 valence electrons. The van der Waals surface area contributed by atoms with Gasteiger partial charge in [-0.15, -0.1) is 0 Å². The van der Waals surface area contributed by atoms with E-state index in [2.05, 4.69) is 24.0 Å². The molecule has 3 aliphatic heterocycles. The number of fused-ring (bicyclic) bond motifs is 1. The zero-order chi connectivity index (χ0) is 19.7. The van der Waals surface area contributed by atoms with Gasteiger partial charge >= 0.3 is 5.97 Å². The number of carbonyl (C=O) groups excluding carboxylic acids is 1. The molecule has 3 heterocycles. The molecular weight excluding hydrogens is 374 g/mol. The van der Waals surface area contributed by atoms with Crippen LogP contribution in [0.5, 0.6) is 0 Å². The first-order chi connectivity index (χ1) is 13.5. The number of carbonyl (C=O) groups is 1. The SMILES string of the molecule is CC1/C=C/C(O)/C=C(\Cl)CCOC(=O)C2=CC[C@@H]3CCC[C@@]4(CCC[C@@H]14)N3C2. The van der Waals surface area contributed by atoms with Gasteiger partial charge in [-0.25, -0.2) is 4.79 Å². The van der Waals surface area contributed by atoms with E-state index in [9.17, 15) is 9.90 Å². The van der Waals surface area contributed by atoms with Crippen LogP contribution < -0.4 is 0 Å². The zero-order valence-corrected chi connectivity index (χ0v) is 17.5. The van der Waals surface area contributed by atoms with Gasteiger partial charge in [0.15, 0.2) is 0 Å². The summed E-state index contributed by atoms with van der Waals surface area (Å²) in [5, 5.41) is 10.8. The summed E-state index contributed by atoms with van der Waals surface area (Å²) in [5.74, 6) is 0.730. The largest absolute Gasteiger partial charge is 0.462 e. The lowest BCUT2D eigenvalue weighted by Gasteiger charge is -2.55. The van der Waals surface area contributed by atoms with Gasteiger partial charge in [0.05, 0.1) is 12.7 Å². The van der Waals surface area contributed by atoms with E-state index in [4.69, 9.17) is 16.3 Å². The number of esters is 1. The summed E-state index contributed by atoms with van der Waals surface area (Å²) < 4.78 is 5.50. The molecule has 28 heavy (non-hydrogen) atoms. The first-order valence-electron chi connectivity index (χ1n) is 10.8. The summed E-state index contributed by atoms with van der Waals surface area (Å²) in [7, 11) is 0. The number of hydrogen-bond donors (Lipinski definition) is 1. The van der Waals surface area contributed by atoms with Crippen LogP contribution in [0.15, 0.2) is 34.9 Å². The summed E-state index contributed by atoms with van der Waals surface area (Å²) in [4.78, 5) is 15.3. The maximum Gasteiger partial charge on any atom is 0.335 e. The van der Waals surface area contributed by atoms with Crippen molar-refractivity contribution < 1.29 is 14.6 Å². The Bertz CT molecular complexity index is 700. The lowest BCUT2D eigenvalue weighted by molar-refractivity contribution is -0.140. The highest BCUT2D eigenvalue weighted by molar-refractivity contribution is 6.29. The minimum atomic E-state index is -0.700. The molecule has 2 fully saturated rings. The van der Waals surface area contributed by atoms with Crippen molar-refractivity contribution in [3.8, 4) is 0 Å². The van der Waals surface area contributed by atoms with Crippen molar-refractivity contribution in [1.82, 2.24) is 4.90 Å². The Morgan fingerprint density at radius 1 is 1.25 bits per heavy atom. The third kappa shape index (κ3) is 3.83. The molecule has 2 bridgehead atoms. The number of nitrogens with zero attached hydrogens (tertiary/aromatic N) is 1. The van der Waals surface area contributed by atoms with Crippen molar-refractivity contribution >= 4 is 17.6 Å². The Kier molecular flexibility index (Phi) is 6.01. The van der Waals surface area contributed by atoms with Gasteiger partial charge in [-0.2, -0.15) is 0 Å². The van der Waals surface area contributed by atoms with E-state index in [1.54, 1.807) is 6.08 Å². The van der Waals surface area contributed by atoms with Crippen molar-refractivity contribution in [2.45, 2.75) is 76.0 Å². The van der Waals surface area contributed by atoms with Crippen molar-refractivity contribution in [2.24, 2.45) is 11.8 Å². The van der Waals surface area contributed by atoms with E-state index in [1.165, 1.54) is 38.5 Å². The maximum absolute atomic E-state index is 12.7. The van der Waals surface area contributed by atoms with Crippen LogP contribution >= 0.6 is 11.6 Å². The first kappa shape index (κ1) is 20.2. The van der Waals surface area contributed by atoms with E-state index in [-0.39, 0.29) is 18.1 Å². The normalized spacial score (nSPS) is 42.9. The van der Waals surface area contributed by atoms with Gasteiger partial charge in [-0.3, -0.25) is 4.90 Å². The van der Waals surface area contributed by atoms with Crippen LogP contribution in [0.2, 0.25) is 0 Å². The van der Waals surface area contributed by atoms with Crippen LogP contribution in [0.25, 0.3) is 0 Å². The molecule has 5 atom stereocenters. The molecule has 0 radical (unpaired) electrons. The number of hydrogen-bond acceptors (Lipinski definition) is 4. The van der Waals surface area contributed by atoms with Gasteiger partial charge in [0.1, 0.15) is 0 Å². The van der Waals surface area contributed by atoms with Crippen molar-refractivity contribution in [3.05, 3.63) is 34.9 Å². The fourth-order valence-corrected chi connectivity index (χ4v) is 6.30. The molecule has 0 amide bonds. The number of aliphatic hydroxyl groups excluding tert-OH is 1. The third-order valence-electron chi connectivity index (χ3n) is 7.39. The molecule has 1 aliphatic carbocycles. The summed E-state index contributed by atoms with van der Waals surface area (Å²) in [6.07, 6.45) is 15.8. The van der Waals surface area contributed by atoms with Crippen LogP contribution in [-0.4, -0.2) is 46.8 Å². The van der Waals surface area contributed by atoms with Gasteiger partial charge in [0.25, 0.3) is 0 Å². The molecule has 4 aliphatic rings. The van der Waals surface area contributed by atoms with Crippen LogP contribution in [0, 0.1) is 11.8 Å². The number of rotatable bonds is 0. The number of aliphatic hydroxyl groups is 1. The summed E-state index contributed by atoms with van der Waals surface area (Å²) >= 11 is 6.22. The Hall–Kier alpha value is -1.10. The first-order valence-corrected chi connectivity index (χ1v) is 11.2. The third-order valence-corrected chi connectivity index (χ3v) is 7.70. The van der Waals surface area contributed by atoms with Gasteiger partial charge in [-0.05, 0) is 50.0 Å². The van der Waals surface area contributed by atoms with E-state index >= 15 is 0 Å². The molecule has 0 aromatic heterocycles. The second-order valence-electron chi connectivity index (χ2n) is 8.98. The zero-order valence-electron chi connectivity index (χ0n) is 16.8.